The van der Waals surface area contributed by atoms with Gasteiger partial charge in [-0.25, -0.2) is 9.59 Å². The topological polar surface area (TPSA) is 164 Å². The summed E-state index contributed by atoms with van der Waals surface area (Å²) in [6.45, 7) is 7.27. The van der Waals surface area contributed by atoms with Crippen molar-refractivity contribution in [1.29, 1.82) is 0 Å². The molecule has 12 heteroatoms. The van der Waals surface area contributed by atoms with E-state index in [1.807, 2.05) is 79.4 Å². The van der Waals surface area contributed by atoms with Crippen molar-refractivity contribution in [3.63, 3.8) is 0 Å². The summed E-state index contributed by atoms with van der Waals surface area (Å²) in [7, 11) is 0. The van der Waals surface area contributed by atoms with Gasteiger partial charge in [-0.2, -0.15) is 0 Å². The molecule has 12 nitrogen and oxygen atoms in total. The van der Waals surface area contributed by atoms with Gasteiger partial charge in [-0.1, -0.05) is 87.0 Å². The Labute approximate surface area is 287 Å². The molecule has 3 aromatic rings. The maximum absolute atomic E-state index is 14.0. The van der Waals surface area contributed by atoms with Gasteiger partial charge >= 0.3 is 12.1 Å². The molecule has 0 saturated carbocycles. The van der Waals surface area contributed by atoms with Gasteiger partial charge in [-0.05, 0) is 43.2 Å². The van der Waals surface area contributed by atoms with E-state index in [0.717, 1.165) is 22.0 Å². The van der Waals surface area contributed by atoms with E-state index in [1.54, 1.807) is 32.2 Å². The van der Waals surface area contributed by atoms with Crippen LogP contribution in [0.4, 0.5) is 10.5 Å². The fourth-order valence-corrected chi connectivity index (χ4v) is 5.61. The van der Waals surface area contributed by atoms with E-state index >= 15 is 0 Å². The van der Waals surface area contributed by atoms with Gasteiger partial charge in [0.15, 0.2) is 0 Å². The molecule has 3 atom stereocenters. The van der Waals surface area contributed by atoms with Crippen molar-refractivity contribution >= 4 is 40.3 Å². The number of amides is 3. The minimum atomic E-state index is -2.34. The molecule has 4 rings (SSSR count). The Kier molecular flexibility index (Phi) is 12.8. The predicted octanol–water partition coefficient (Wildman–Crippen LogP) is 4.51. The zero-order valence-electron chi connectivity index (χ0n) is 28.6. The van der Waals surface area contributed by atoms with Crippen molar-refractivity contribution < 1.29 is 33.8 Å². The number of aliphatic hydroxyl groups is 1. The molecule has 3 aromatic carbocycles. The highest BCUT2D eigenvalue weighted by Crippen LogP contribution is 2.34. The van der Waals surface area contributed by atoms with Gasteiger partial charge in [0, 0.05) is 30.1 Å². The zero-order chi connectivity index (χ0) is 35.6. The smallest absolute Gasteiger partial charge is 0.408 e. The Morgan fingerprint density at radius 1 is 0.959 bits per heavy atom. The molecule has 0 fully saturated rings. The molecular weight excluding hydrogens is 626 g/mol. The van der Waals surface area contributed by atoms with E-state index in [2.05, 4.69) is 10.6 Å². The molecule has 0 spiro atoms. The molecule has 1 unspecified atom stereocenters. The molecule has 1 aliphatic heterocycles. The van der Waals surface area contributed by atoms with Gasteiger partial charge in [0.25, 0.3) is 0 Å². The number of rotatable bonds is 15. The molecule has 1 heterocycles. The lowest BCUT2D eigenvalue weighted by Crippen LogP contribution is -2.60. The van der Waals surface area contributed by atoms with E-state index in [0.29, 0.717) is 24.5 Å². The van der Waals surface area contributed by atoms with E-state index in [-0.39, 0.29) is 38.6 Å². The Bertz CT molecular complexity index is 1640. The second-order valence-electron chi connectivity index (χ2n) is 12.6. The van der Waals surface area contributed by atoms with Gasteiger partial charge in [0.1, 0.15) is 19.3 Å². The normalized spacial score (nSPS) is 15.3. The maximum atomic E-state index is 14.0. The predicted molar refractivity (Wildman–Crippen MR) is 186 cm³/mol. The van der Waals surface area contributed by atoms with Crippen LogP contribution in [-0.2, 0) is 30.5 Å². The van der Waals surface area contributed by atoms with Crippen LogP contribution in [0.25, 0.3) is 10.8 Å². The summed E-state index contributed by atoms with van der Waals surface area (Å²) < 4.78 is 10.6. The number of alkyl carbamates (subject to hydrolysis) is 1. The van der Waals surface area contributed by atoms with Crippen LogP contribution in [-0.4, -0.2) is 65.0 Å². The Hall–Kier alpha value is -4.94. The molecule has 49 heavy (non-hydrogen) atoms. The first-order valence-electron chi connectivity index (χ1n) is 16.6. The number of anilines is 1. The second-order valence-corrected chi connectivity index (χ2v) is 12.6. The molecule has 0 radical (unpaired) electrons. The largest absolute Gasteiger partial charge is 0.462 e. The molecule has 0 aromatic heterocycles. The fraction of sp³-hybridized carbons (Fsp3) is 0.405. The lowest BCUT2D eigenvalue weighted by Gasteiger charge is -2.31. The summed E-state index contributed by atoms with van der Waals surface area (Å²) in [5.74, 6) is -1.87. The summed E-state index contributed by atoms with van der Waals surface area (Å²) in [6, 6.07) is 20.5. The number of ether oxygens (including phenoxy) is 2. The van der Waals surface area contributed by atoms with Crippen LogP contribution in [0.3, 0.4) is 0 Å². The van der Waals surface area contributed by atoms with Crippen LogP contribution in [0.2, 0.25) is 0 Å². The van der Waals surface area contributed by atoms with Gasteiger partial charge < -0.3 is 35.8 Å². The number of nitrogens with zero attached hydrogens (tertiary/aromatic N) is 2. The van der Waals surface area contributed by atoms with Gasteiger partial charge in [-0.3, -0.25) is 14.5 Å². The summed E-state index contributed by atoms with van der Waals surface area (Å²) in [5.41, 5.74) is 5.64. The number of benzene rings is 3. The van der Waals surface area contributed by atoms with E-state index in [4.69, 9.17) is 15.2 Å². The van der Waals surface area contributed by atoms with Crippen LogP contribution in [0.15, 0.2) is 84.7 Å². The highest BCUT2D eigenvalue weighted by molar-refractivity contribution is 5.96. The maximum Gasteiger partial charge on any atom is 0.408 e. The van der Waals surface area contributed by atoms with Gasteiger partial charge in [0.05, 0.1) is 18.3 Å². The van der Waals surface area contributed by atoms with Crippen molar-refractivity contribution in [2.45, 2.75) is 77.8 Å². The molecular formula is C37H47N5O7. The summed E-state index contributed by atoms with van der Waals surface area (Å²) in [4.78, 5) is 56.6. The van der Waals surface area contributed by atoms with Crippen molar-refractivity contribution in [3.8, 4) is 0 Å². The minimum absolute atomic E-state index is 0.00894. The Morgan fingerprint density at radius 2 is 1.65 bits per heavy atom. The highest BCUT2D eigenvalue weighted by atomic mass is 16.6. The van der Waals surface area contributed by atoms with Crippen LogP contribution in [0.5, 0.6) is 0 Å². The van der Waals surface area contributed by atoms with Crippen LogP contribution < -0.4 is 21.3 Å². The number of hydrogen-bond acceptors (Lipinski definition) is 9. The van der Waals surface area contributed by atoms with Crippen molar-refractivity contribution in [3.05, 3.63) is 90.3 Å². The molecule has 0 aliphatic carbocycles. The van der Waals surface area contributed by atoms with Crippen LogP contribution in [0, 0.1) is 5.92 Å². The summed E-state index contributed by atoms with van der Waals surface area (Å²) in [6.07, 6.45) is 1.61. The third-order valence-corrected chi connectivity index (χ3v) is 8.17. The summed E-state index contributed by atoms with van der Waals surface area (Å²) in [5, 5.41) is 18.4. The van der Waals surface area contributed by atoms with Crippen LogP contribution in [0.1, 0.15) is 58.9 Å². The lowest BCUT2D eigenvalue weighted by molar-refractivity contribution is -0.172. The highest BCUT2D eigenvalue weighted by Gasteiger charge is 2.41. The van der Waals surface area contributed by atoms with E-state index < -0.39 is 35.8 Å². The minimum Gasteiger partial charge on any atom is -0.462 e. The first-order chi connectivity index (χ1) is 23.4. The molecule has 262 valence electrons. The standard InChI is InChI=1S/C37H47N5O7/c1-5-48-35(45)37(47,20-12-13-25(2)3)40-33(43)31(39-36(46)49-23-27-14-7-6-8-15-27)21-29-22-41(34(44)26(4)38)24-42(29)32-19-11-17-28-16-9-10-18-30(28)32/h6-11,14-19,22,25-26,31,47H,5,12-13,20-21,23-24,38H2,1-4H3,(H,39,46)(H,40,43)/t26-,31+,37?/m0/s1. The monoisotopic (exact) mass is 673 g/mol. The number of nitrogens with one attached hydrogen (secondary N) is 2. The lowest BCUT2D eigenvalue weighted by atomic mass is 9.99. The van der Waals surface area contributed by atoms with Crippen molar-refractivity contribution in [2.24, 2.45) is 11.7 Å². The average Bonchev–Trinajstić information content (AvgIpc) is 3.50. The number of nitrogens with two attached hydrogens (primary N) is 1. The SMILES string of the molecule is CCOC(=O)C(O)(CCCC(C)C)NC(=O)[C@@H](CC1=CN(C(=O)[C@H](C)N)CN1c1cccc2ccccc12)NC(=O)OCc1ccccc1. The number of fused-ring (bicyclic) bond motifs is 1. The van der Waals surface area contributed by atoms with E-state index in [1.165, 1.54) is 4.90 Å². The first-order valence-corrected chi connectivity index (χ1v) is 16.6. The second kappa shape index (κ2) is 16.9. The summed E-state index contributed by atoms with van der Waals surface area (Å²) >= 11 is 0. The Balaban J connectivity index is 1.68. The van der Waals surface area contributed by atoms with Crippen LogP contribution >= 0.6 is 0 Å². The molecule has 0 saturated heterocycles. The fourth-order valence-electron chi connectivity index (χ4n) is 5.61. The molecule has 1 aliphatic rings. The first kappa shape index (κ1) is 36.9. The van der Waals surface area contributed by atoms with Crippen molar-refractivity contribution in [2.75, 3.05) is 18.2 Å². The Morgan fingerprint density at radius 3 is 2.35 bits per heavy atom. The van der Waals surface area contributed by atoms with E-state index in [9.17, 15) is 24.3 Å². The number of esters is 1. The molecule has 0 bridgehead atoms. The van der Waals surface area contributed by atoms with Crippen molar-refractivity contribution in [1.82, 2.24) is 15.5 Å². The average molecular weight is 674 g/mol. The van der Waals surface area contributed by atoms with Gasteiger partial charge in [0.2, 0.25) is 17.5 Å². The quantitative estimate of drug-likeness (QED) is 0.134. The third kappa shape index (κ3) is 9.80. The number of carbonyl (C=O) groups excluding carboxylic acids is 4. The van der Waals surface area contributed by atoms with Gasteiger partial charge in [-0.15, -0.1) is 0 Å². The molecule has 5 N–H and O–H groups in total. The third-order valence-electron chi connectivity index (χ3n) is 8.17. The zero-order valence-corrected chi connectivity index (χ0v) is 28.6. The number of hydrogen-bond donors (Lipinski definition) is 4. The number of carbonyl (C=O) groups is 4. The molecule has 3 amide bonds.